The molecule has 0 aliphatic carbocycles. The molecule has 0 unspecified atom stereocenters. The lowest BCUT2D eigenvalue weighted by Gasteiger charge is -2.18. The topological polar surface area (TPSA) is 51.2 Å². The average Bonchev–Trinajstić information content (AvgIpc) is 2.85. The molecule has 0 fully saturated rings. The summed E-state index contributed by atoms with van der Waals surface area (Å²) in [6, 6.07) is 5.90. The fourth-order valence-corrected chi connectivity index (χ4v) is 2.91. The van der Waals surface area contributed by atoms with Gasteiger partial charge in [-0.05, 0) is 24.3 Å². The molecular weight excluding hydrogens is 488 g/mol. The minimum Gasteiger partial charge on any atom is -0.420 e. The van der Waals surface area contributed by atoms with Crippen molar-refractivity contribution >= 4 is 11.7 Å². The molecule has 3 rings (SSSR count). The number of rotatable bonds is 7. The largest absolute Gasteiger partial charge is 0.420 e. The molecule has 3 aromatic rings. The number of halogens is 8. The third-order valence-corrected chi connectivity index (χ3v) is 4.65. The molecule has 1 N–H and O–H groups in total. The van der Waals surface area contributed by atoms with Crippen LogP contribution in [-0.4, -0.2) is 17.5 Å². The Labute approximate surface area is 192 Å². The van der Waals surface area contributed by atoms with Gasteiger partial charge in [-0.15, -0.1) is 6.42 Å². The predicted octanol–water partition coefficient (Wildman–Crippen LogP) is 5.25. The highest BCUT2D eigenvalue weighted by Crippen LogP contribution is 2.31. The number of carbonyl (C=O) groups is 1. The van der Waals surface area contributed by atoms with E-state index in [4.69, 9.17) is 6.42 Å². The van der Waals surface area contributed by atoms with Crippen LogP contribution >= 0.6 is 0 Å². The molecule has 1 aromatic heterocycles. The van der Waals surface area contributed by atoms with Crippen molar-refractivity contribution in [3.63, 3.8) is 0 Å². The summed E-state index contributed by atoms with van der Waals surface area (Å²) >= 11 is 0. The van der Waals surface area contributed by atoms with Gasteiger partial charge in [0.25, 0.3) is 0 Å². The first-order valence-electron chi connectivity index (χ1n) is 9.51. The van der Waals surface area contributed by atoms with Crippen LogP contribution in [0, 0.1) is 47.2 Å². The van der Waals surface area contributed by atoms with Crippen LogP contribution in [-0.2, 0) is 17.1 Å². The van der Waals surface area contributed by atoms with E-state index in [1.54, 1.807) is 0 Å². The Hall–Kier alpha value is -4.14. The molecule has 2 aromatic carbocycles. The van der Waals surface area contributed by atoms with E-state index in [0.717, 1.165) is 24.4 Å². The molecule has 4 nitrogen and oxygen atoms in total. The van der Waals surface area contributed by atoms with Gasteiger partial charge < -0.3 is 10.1 Å². The van der Waals surface area contributed by atoms with E-state index >= 15 is 0 Å². The highest BCUT2D eigenvalue weighted by atomic mass is 19.3. The third-order valence-electron chi connectivity index (χ3n) is 4.65. The molecule has 0 atom stereocenters. The van der Waals surface area contributed by atoms with E-state index in [2.05, 4.69) is 15.0 Å². The Kier molecular flexibility index (Phi) is 7.28. The lowest BCUT2D eigenvalue weighted by molar-refractivity contribution is -0.134. The van der Waals surface area contributed by atoms with Crippen molar-refractivity contribution in [2.75, 3.05) is 11.9 Å². The minimum atomic E-state index is -3.52. The third kappa shape index (κ3) is 5.18. The van der Waals surface area contributed by atoms with Crippen LogP contribution in [0.25, 0.3) is 0 Å². The van der Waals surface area contributed by atoms with Gasteiger partial charge in [0.05, 0.1) is 18.7 Å². The monoisotopic (exact) mass is 500 g/mol. The smallest absolute Gasteiger partial charge is 0.316 e. The molecule has 0 amide bonds. The van der Waals surface area contributed by atoms with Gasteiger partial charge in [-0.2, -0.15) is 17.6 Å². The zero-order valence-electron chi connectivity index (χ0n) is 17.2. The Balaban J connectivity index is 1.85. The van der Waals surface area contributed by atoms with Crippen LogP contribution in [0.15, 0.2) is 36.5 Å². The molecule has 1 heterocycles. The van der Waals surface area contributed by atoms with Crippen molar-refractivity contribution in [1.82, 2.24) is 4.98 Å². The average molecular weight is 500 g/mol. The lowest BCUT2D eigenvalue weighted by atomic mass is 10.0. The summed E-state index contributed by atoms with van der Waals surface area (Å²) in [6.45, 7) is -1.11. The summed E-state index contributed by atoms with van der Waals surface area (Å²) in [5.74, 6) is -18.3. The van der Waals surface area contributed by atoms with Crippen LogP contribution in [0.3, 0.4) is 0 Å². The number of nitrogens with zero attached hydrogens (tertiary/aromatic N) is 1. The molecule has 0 bridgehead atoms. The summed E-state index contributed by atoms with van der Waals surface area (Å²) in [5.41, 5.74) is -1.97. The van der Waals surface area contributed by atoms with Crippen molar-refractivity contribution in [2.24, 2.45) is 0 Å². The highest BCUT2D eigenvalue weighted by Gasteiger charge is 2.33. The van der Waals surface area contributed by atoms with Gasteiger partial charge in [0, 0.05) is 17.3 Å². The number of alkyl halides is 2. The number of benzene rings is 2. The van der Waals surface area contributed by atoms with E-state index in [-0.39, 0.29) is 5.56 Å². The van der Waals surface area contributed by atoms with E-state index in [9.17, 15) is 39.9 Å². The zero-order chi connectivity index (χ0) is 25.9. The molecule has 35 heavy (non-hydrogen) atoms. The molecule has 0 radical (unpaired) electrons. The van der Waals surface area contributed by atoms with E-state index < -0.39 is 82.5 Å². The minimum absolute atomic E-state index is 0.251. The number of esters is 1. The number of carbonyl (C=O) groups excluding carboxylic acids is 1. The zero-order valence-corrected chi connectivity index (χ0v) is 17.2. The molecule has 0 saturated heterocycles. The number of anilines is 1. The maximum Gasteiger partial charge on any atom is 0.316 e. The standard InChI is InChI=1S/C23H12F8N2O2/c1-2-11-6-7-13(33-10-23(30,31)14-5-3-4-8-32-14)16(24)12(11)9-15(34)35-22-20(28)18(26)17(25)19(27)21(22)29/h1,3-8,33H,9-10H2. The normalized spacial score (nSPS) is 11.2. The quantitative estimate of drug-likeness (QED) is 0.120. The second-order valence-electron chi connectivity index (χ2n) is 6.92. The summed E-state index contributed by atoms with van der Waals surface area (Å²) < 4.78 is 115. The van der Waals surface area contributed by atoms with E-state index in [0.29, 0.717) is 0 Å². The van der Waals surface area contributed by atoms with Gasteiger partial charge in [0.2, 0.25) is 34.8 Å². The van der Waals surface area contributed by atoms with Gasteiger partial charge >= 0.3 is 11.9 Å². The Morgan fingerprint density at radius 3 is 2.14 bits per heavy atom. The fourth-order valence-electron chi connectivity index (χ4n) is 2.91. The first kappa shape index (κ1) is 25.5. The molecule has 0 aliphatic rings. The number of aromatic nitrogens is 1. The molecule has 0 spiro atoms. The number of hydrogen-bond acceptors (Lipinski definition) is 4. The van der Waals surface area contributed by atoms with E-state index in [1.807, 2.05) is 5.92 Å². The van der Waals surface area contributed by atoms with Gasteiger partial charge in [-0.1, -0.05) is 12.0 Å². The Bertz CT molecular complexity index is 1290. The van der Waals surface area contributed by atoms with Crippen molar-refractivity contribution < 1.29 is 44.7 Å². The van der Waals surface area contributed by atoms with Crippen LogP contribution in [0.5, 0.6) is 5.75 Å². The number of hydrogen-bond donors (Lipinski definition) is 1. The Morgan fingerprint density at radius 1 is 0.943 bits per heavy atom. The lowest BCUT2D eigenvalue weighted by Crippen LogP contribution is -2.26. The maximum absolute atomic E-state index is 15.0. The number of terminal acetylenes is 1. The molecule has 182 valence electrons. The predicted molar refractivity (Wildman–Crippen MR) is 107 cm³/mol. The van der Waals surface area contributed by atoms with Gasteiger partial charge in [-0.25, -0.2) is 17.6 Å². The first-order chi connectivity index (χ1) is 16.5. The second-order valence-corrected chi connectivity index (χ2v) is 6.92. The van der Waals surface area contributed by atoms with Crippen LogP contribution in [0.1, 0.15) is 16.8 Å². The first-order valence-corrected chi connectivity index (χ1v) is 9.51. The molecule has 0 saturated carbocycles. The van der Waals surface area contributed by atoms with Gasteiger partial charge in [0.15, 0.2) is 5.82 Å². The van der Waals surface area contributed by atoms with Crippen LogP contribution < -0.4 is 10.1 Å². The SMILES string of the molecule is C#Cc1ccc(NCC(F)(F)c2ccccn2)c(F)c1CC(=O)Oc1c(F)c(F)c(F)c(F)c1F. The summed E-state index contributed by atoms with van der Waals surface area (Å²) in [4.78, 5) is 15.7. The molecule has 0 aliphatic heterocycles. The molecule has 12 heteroatoms. The van der Waals surface area contributed by atoms with Crippen molar-refractivity contribution in [3.8, 4) is 18.1 Å². The van der Waals surface area contributed by atoms with Crippen LogP contribution in [0.4, 0.5) is 40.8 Å². The number of pyridine rings is 1. The van der Waals surface area contributed by atoms with Crippen molar-refractivity contribution in [3.05, 3.63) is 88.3 Å². The van der Waals surface area contributed by atoms with Crippen molar-refractivity contribution in [1.29, 1.82) is 0 Å². The highest BCUT2D eigenvalue weighted by molar-refractivity contribution is 5.77. The van der Waals surface area contributed by atoms with E-state index in [1.165, 1.54) is 12.1 Å². The summed E-state index contributed by atoms with van der Waals surface area (Å²) in [7, 11) is 0. The van der Waals surface area contributed by atoms with Crippen LogP contribution in [0.2, 0.25) is 0 Å². The fraction of sp³-hybridized carbons (Fsp3) is 0.130. The summed E-state index contributed by atoms with van der Waals surface area (Å²) in [5, 5.41) is 2.16. The number of nitrogens with one attached hydrogen (secondary N) is 1. The number of ether oxygens (including phenoxy) is 1. The second kappa shape index (κ2) is 10.0. The molecular formula is C23H12F8N2O2. The summed E-state index contributed by atoms with van der Waals surface area (Å²) in [6.07, 6.45) is 5.25. The van der Waals surface area contributed by atoms with Gasteiger partial charge in [-0.3, -0.25) is 9.78 Å². The maximum atomic E-state index is 15.0. The van der Waals surface area contributed by atoms with Crippen molar-refractivity contribution in [2.45, 2.75) is 12.3 Å². The Morgan fingerprint density at radius 2 is 1.57 bits per heavy atom. The van der Waals surface area contributed by atoms with Gasteiger partial charge in [0.1, 0.15) is 5.69 Å².